The average Bonchev–Trinajstić information content (AvgIpc) is 2.46. The fourth-order valence-corrected chi connectivity index (χ4v) is 2.37. The van der Waals surface area contributed by atoms with Crippen LogP contribution in [0.15, 0.2) is 24.3 Å². The largest absolute Gasteiger partial charge is 0.394 e. The van der Waals surface area contributed by atoms with Gasteiger partial charge in [0, 0.05) is 17.8 Å². The Morgan fingerprint density at radius 3 is 2.94 bits per heavy atom. The van der Waals surface area contributed by atoms with Gasteiger partial charge in [-0.15, -0.1) is 0 Å². The standard InChI is InChI=1S/C14H21NO3/c1-2-14(17)12-5-3-4-6-13(12)15-7-8-18-10-11(15)9-16/h3-6,11,14,16-17H,2,7-10H2,1H3/t11?,14-/m1/s1. The number of nitrogens with zero attached hydrogens (tertiary/aromatic N) is 1. The van der Waals surface area contributed by atoms with Crippen molar-refractivity contribution < 1.29 is 14.9 Å². The van der Waals surface area contributed by atoms with Crippen molar-refractivity contribution in [2.24, 2.45) is 0 Å². The van der Waals surface area contributed by atoms with Crippen LogP contribution in [-0.2, 0) is 4.74 Å². The zero-order valence-corrected chi connectivity index (χ0v) is 10.7. The highest BCUT2D eigenvalue weighted by Crippen LogP contribution is 2.30. The third kappa shape index (κ3) is 2.66. The highest BCUT2D eigenvalue weighted by Gasteiger charge is 2.25. The Hall–Kier alpha value is -1.10. The summed E-state index contributed by atoms with van der Waals surface area (Å²) in [5.41, 5.74) is 1.94. The first kappa shape index (κ1) is 13.3. The fraction of sp³-hybridized carbons (Fsp3) is 0.571. The van der Waals surface area contributed by atoms with E-state index in [1.807, 2.05) is 31.2 Å². The molecule has 1 aromatic rings. The van der Waals surface area contributed by atoms with E-state index in [0.717, 1.165) is 17.8 Å². The van der Waals surface area contributed by atoms with Crippen molar-refractivity contribution in [3.8, 4) is 0 Å². The summed E-state index contributed by atoms with van der Waals surface area (Å²) >= 11 is 0. The molecule has 0 amide bonds. The number of hydrogen-bond acceptors (Lipinski definition) is 4. The number of aliphatic hydroxyl groups excluding tert-OH is 2. The molecule has 1 aromatic carbocycles. The molecule has 1 unspecified atom stereocenters. The van der Waals surface area contributed by atoms with Crippen molar-refractivity contribution in [3.05, 3.63) is 29.8 Å². The highest BCUT2D eigenvalue weighted by atomic mass is 16.5. The molecule has 1 aliphatic rings. The minimum absolute atomic E-state index is 0.0241. The van der Waals surface area contributed by atoms with Crippen LogP contribution in [0.25, 0.3) is 0 Å². The lowest BCUT2D eigenvalue weighted by Crippen LogP contribution is -2.48. The van der Waals surface area contributed by atoms with Crippen molar-refractivity contribution in [2.45, 2.75) is 25.5 Å². The molecule has 1 heterocycles. The van der Waals surface area contributed by atoms with Gasteiger partial charge < -0.3 is 19.8 Å². The van der Waals surface area contributed by atoms with Crippen molar-refractivity contribution in [1.82, 2.24) is 0 Å². The number of ether oxygens (including phenoxy) is 1. The molecule has 2 N–H and O–H groups in total. The molecule has 1 fully saturated rings. The van der Waals surface area contributed by atoms with Crippen LogP contribution >= 0.6 is 0 Å². The molecule has 0 aliphatic carbocycles. The predicted octanol–water partition coefficient (Wildman–Crippen LogP) is 1.33. The maximum Gasteiger partial charge on any atom is 0.0807 e. The molecule has 2 rings (SSSR count). The van der Waals surface area contributed by atoms with Crippen LogP contribution < -0.4 is 4.90 Å². The Balaban J connectivity index is 2.30. The van der Waals surface area contributed by atoms with E-state index in [1.165, 1.54) is 0 Å². The lowest BCUT2D eigenvalue weighted by molar-refractivity contribution is 0.0721. The number of anilines is 1. The second-order valence-corrected chi connectivity index (χ2v) is 4.59. The van der Waals surface area contributed by atoms with Crippen LogP contribution in [0, 0.1) is 0 Å². The van der Waals surface area contributed by atoms with Crippen LogP contribution in [0.2, 0.25) is 0 Å². The number of rotatable bonds is 4. The minimum Gasteiger partial charge on any atom is -0.394 e. The Morgan fingerprint density at radius 1 is 1.44 bits per heavy atom. The fourth-order valence-electron chi connectivity index (χ4n) is 2.37. The molecular formula is C14H21NO3. The van der Waals surface area contributed by atoms with Crippen LogP contribution in [0.5, 0.6) is 0 Å². The number of morpholine rings is 1. The number of para-hydroxylation sites is 1. The van der Waals surface area contributed by atoms with Crippen molar-refractivity contribution >= 4 is 5.69 Å². The van der Waals surface area contributed by atoms with Crippen molar-refractivity contribution in [1.29, 1.82) is 0 Å². The first-order chi connectivity index (χ1) is 8.77. The van der Waals surface area contributed by atoms with E-state index in [4.69, 9.17) is 4.74 Å². The first-order valence-corrected chi connectivity index (χ1v) is 6.50. The normalized spacial score (nSPS) is 21.9. The summed E-state index contributed by atoms with van der Waals surface area (Å²) in [6, 6.07) is 7.83. The van der Waals surface area contributed by atoms with Gasteiger partial charge in [-0.1, -0.05) is 25.1 Å². The topological polar surface area (TPSA) is 52.9 Å². The molecule has 1 aliphatic heterocycles. The van der Waals surface area contributed by atoms with E-state index >= 15 is 0 Å². The van der Waals surface area contributed by atoms with Gasteiger partial charge in [0.1, 0.15) is 0 Å². The molecule has 4 heteroatoms. The zero-order chi connectivity index (χ0) is 13.0. The maximum atomic E-state index is 10.1. The third-order valence-corrected chi connectivity index (χ3v) is 3.43. The predicted molar refractivity (Wildman–Crippen MR) is 70.7 cm³/mol. The van der Waals surface area contributed by atoms with Crippen molar-refractivity contribution in [2.75, 3.05) is 31.3 Å². The summed E-state index contributed by atoms with van der Waals surface area (Å²) in [7, 11) is 0. The Bertz CT molecular complexity index is 383. The molecule has 100 valence electrons. The van der Waals surface area contributed by atoms with Crippen LogP contribution in [0.4, 0.5) is 5.69 Å². The van der Waals surface area contributed by atoms with Gasteiger partial charge >= 0.3 is 0 Å². The van der Waals surface area contributed by atoms with Gasteiger partial charge in [0.2, 0.25) is 0 Å². The molecule has 0 spiro atoms. The van der Waals surface area contributed by atoms with E-state index < -0.39 is 6.10 Å². The Morgan fingerprint density at radius 2 is 2.22 bits per heavy atom. The van der Waals surface area contributed by atoms with Gasteiger partial charge in [0.25, 0.3) is 0 Å². The lowest BCUT2D eigenvalue weighted by atomic mass is 10.0. The zero-order valence-electron chi connectivity index (χ0n) is 10.7. The van der Waals surface area contributed by atoms with Gasteiger partial charge in [-0.25, -0.2) is 0 Å². The number of aliphatic hydroxyl groups is 2. The quantitative estimate of drug-likeness (QED) is 0.847. The summed E-state index contributed by atoms with van der Waals surface area (Å²) < 4.78 is 5.39. The molecule has 1 saturated heterocycles. The molecule has 2 atom stereocenters. The molecule has 0 radical (unpaired) electrons. The number of benzene rings is 1. The molecule has 4 nitrogen and oxygen atoms in total. The summed E-state index contributed by atoms with van der Waals surface area (Å²) in [5, 5.41) is 19.5. The summed E-state index contributed by atoms with van der Waals surface area (Å²) in [4.78, 5) is 2.14. The van der Waals surface area contributed by atoms with Gasteiger partial charge in [-0.3, -0.25) is 0 Å². The van der Waals surface area contributed by atoms with Gasteiger partial charge in [0.15, 0.2) is 0 Å². The van der Waals surface area contributed by atoms with E-state index in [-0.39, 0.29) is 12.6 Å². The monoisotopic (exact) mass is 251 g/mol. The second-order valence-electron chi connectivity index (χ2n) is 4.59. The number of hydrogen-bond donors (Lipinski definition) is 2. The molecule has 0 bridgehead atoms. The van der Waals surface area contributed by atoms with Gasteiger partial charge in [0.05, 0.1) is 32.0 Å². The summed E-state index contributed by atoms with van der Waals surface area (Å²) in [5.74, 6) is 0. The van der Waals surface area contributed by atoms with Crippen LogP contribution in [0.3, 0.4) is 0 Å². The van der Waals surface area contributed by atoms with Crippen LogP contribution in [-0.4, -0.2) is 42.6 Å². The molecular weight excluding hydrogens is 230 g/mol. The summed E-state index contributed by atoms with van der Waals surface area (Å²) in [6.07, 6.45) is 0.230. The lowest BCUT2D eigenvalue weighted by Gasteiger charge is -2.38. The van der Waals surface area contributed by atoms with E-state index in [2.05, 4.69) is 4.90 Å². The molecule has 0 saturated carbocycles. The van der Waals surface area contributed by atoms with E-state index in [0.29, 0.717) is 19.6 Å². The Labute approximate surface area is 108 Å². The molecule has 0 aromatic heterocycles. The maximum absolute atomic E-state index is 10.1. The van der Waals surface area contributed by atoms with E-state index in [9.17, 15) is 10.2 Å². The van der Waals surface area contributed by atoms with Gasteiger partial charge in [-0.05, 0) is 12.5 Å². The molecule has 18 heavy (non-hydrogen) atoms. The SMILES string of the molecule is CC[C@@H](O)c1ccccc1N1CCOCC1CO. The van der Waals surface area contributed by atoms with Crippen LogP contribution in [0.1, 0.15) is 25.0 Å². The van der Waals surface area contributed by atoms with Crippen molar-refractivity contribution in [3.63, 3.8) is 0 Å². The summed E-state index contributed by atoms with van der Waals surface area (Å²) in [6.45, 7) is 3.97. The highest BCUT2D eigenvalue weighted by molar-refractivity contribution is 5.55. The van der Waals surface area contributed by atoms with E-state index in [1.54, 1.807) is 0 Å². The third-order valence-electron chi connectivity index (χ3n) is 3.43. The Kier molecular flexibility index (Phi) is 4.58. The van der Waals surface area contributed by atoms with Gasteiger partial charge in [-0.2, -0.15) is 0 Å². The minimum atomic E-state index is -0.455. The average molecular weight is 251 g/mol. The first-order valence-electron chi connectivity index (χ1n) is 6.50. The second kappa shape index (κ2) is 6.18. The smallest absolute Gasteiger partial charge is 0.0807 e.